The van der Waals surface area contributed by atoms with Crippen molar-refractivity contribution in [2.45, 2.75) is 18.4 Å². The highest BCUT2D eigenvalue weighted by atomic mass is 16.5. The number of nitrogens with two attached hydrogens (primary N) is 1. The van der Waals surface area contributed by atoms with Gasteiger partial charge in [0, 0.05) is 25.6 Å². The first-order chi connectivity index (χ1) is 10.2. The molecule has 2 aromatic rings. The van der Waals surface area contributed by atoms with Crippen LogP contribution in [0, 0.1) is 0 Å². The lowest BCUT2D eigenvalue weighted by Crippen LogP contribution is -2.47. The maximum absolute atomic E-state index is 9.69. The third kappa shape index (κ3) is 2.93. The van der Waals surface area contributed by atoms with Crippen molar-refractivity contribution in [2.24, 2.45) is 0 Å². The van der Waals surface area contributed by atoms with Crippen LogP contribution in [0.1, 0.15) is 12.8 Å². The highest BCUT2D eigenvalue weighted by Crippen LogP contribution is 2.24. The molecule has 21 heavy (non-hydrogen) atoms. The molecule has 4 N–H and O–H groups in total. The summed E-state index contributed by atoms with van der Waals surface area (Å²) in [5.41, 5.74) is 5.23. The Morgan fingerprint density at radius 3 is 2.81 bits per heavy atom. The second-order valence-electron chi connectivity index (χ2n) is 4.94. The average molecular weight is 291 g/mol. The van der Waals surface area contributed by atoms with Crippen LogP contribution in [0.4, 0.5) is 11.9 Å². The monoisotopic (exact) mass is 291 g/mol. The summed E-state index contributed by atoms with van der Waals surface area (Å²) in [4.78, 5) is 12.4. The Bertz CT molecular complexity index is 596. The Morgan fingerprint density at radius 2 is 2.14 bits per heavy atom. The third-order valence-corrected chi connectivity index (χ3v) is 3.48. The smallest absolute Gasteiger partial charge is 0.257 e. The van der Waals surface area contributed by atoms with Crippen LogP contribution in [-0.2, 0) is 4.74 Å². The van der Waals surface area contributed by atoms with Crippen LogP contribution in [0.3, 0.4) is 0 Å². The van der Waals surface area contributed by atoms with Crippen molar-refractivity contribution in [3.05, 3.63) is 18.5 Å². The molecule has 112 valence electrons. The number of nitrogens with zero attached hydrogens (tertiary/aromatic N) is 5. The predicted molar refractivity (Wildman–Crippen MR) is 74.9 cm³/mol. The van der Waals surface area contributed by atoms with Crippen molar-refractivity contribution in [3.63, 3.8) is 0 Å². The number of nitrogens with one attached hydrogen (secondary N) is 1. The lowest BCUT2D eigenvalue weighted by molar-refractivity contribution is 0.0377. The van der Waals surface area contributed by atoms with Gasteiger partial charge in [0.25, 0.3) is 5.95 Å². The number of anilines is 2. The summed E-state index contributed by atoms with van der Waals surface area (Å²) < 4.78 is 6.83. The highest BCUT2D eigenvalue weighted by molar-refractivity contribution is 5.37. The summed E-state index contributed by atoms with van der Waals surface area (Å²) in [6.07, 6.45) is 4.69. The maximum atomic E-state index is 9.69. The molecule has 1 aliphatic rings. The molecule has 3 rings (SSSR count). The molecule has 0 saturated carbocycles. The van der Waals surface area contributed by atoms with E-state index in [4.69, 9.17) is 10.5 Å². The van der Waals surface area contributed by atoms with E-state index in [-0.39, 0.29) is 12.6 Å². The Morgan fingerprint density at radius 1 is 1.33 bits per heavy atom. The van der Waals surface area contributed by atoms with Gasteiger partial charge in [0.15, 0.2) is 0 Å². The molecule has 0 amide bonds. The number of aromatic nitrogens is 5. The van der Waals surface area contributed by atoms with Gasteiger partial charge in [-0.1, -0.05) is 0 Å². The van der Waals surface area contributed by atoms with E-state index in [0.29, 0.717) is 38.0 Å². The lowest BCUT2D eigenvalue weighted by Gasteiger charge is -2.36. The molecular weight excluding hydrogens is 274 g/mol. The quantitative estimate of drug-likeness (QED) is 0.694. The number of hydrogen-bond donors (Lipinski definition) is 3. The fourth-order valence-electron chi connectivity index (χ4n) is 2.25. The van der Waals surface area contributed by atoms with Crippen molar-refractivity contribution in [2.75, 3.05) is 30.9 Å². The van der Waals surface area contributed by atoms with Gasteiger partial charge in [-0.05, 0) is 18.9 Å². The van der Waals surface area contributed by atoms with Gasteiger partial charge in [0.2, 0.25) is 11.9 Å². The Labute approximate surface area is 121 Å². The van der Waals surface area contributed by atoms with E-state index in [1.807, 2.05) is 0 Å². The maximum Gasteiger partial charge on any atom is 0.257 e. The van der Waals surface area contributed by atoms with E-state index in [1.54, 1.807) is 18.5 Å². The minimum atomic E-state index is -0.493. The first-order valence-corrected chi connectivity index (χ1v) is 6.69. The zero-order valence-electron chi connectivity index (χ0n) is 11.4. The number of ether oxygens (including phenoxy) is 1. The first-order valence-electron chi connectivity index (χ1n) is 6.69. The summed E-state index contributed by atoms with van der Waals surface area (Å²) in [7, 11) is 0. The first kappa shape index (κ1) is 13.7. The average Bonchev–Trinajstić information content (AvgIpc) is 3.02. The standard InChI is InChI=1S/C12H17N7O2/c13-9-15-10(17-11(16-9)19-5-1-4-14-19)18-12(8-20)2-6-21-7-3-12/h1,4-5,20H,2-3,6-8H2,(H3,13,15,16,17,18). The summed E-state index contributed by atoms with van der Waals surface area (Å²) in [5, 5.41) is 16.9. The molecule has 9 heteroatoms. The van der Waals surface area contributed by atoms with E-state index < -0.39 is 5.54 Å². The molecule has 0 radical (unpaired) electrons. The number of rotatable bonds is 4. The second-order valence-corrected chi connectivity index (χ2v) is 4.94. The number of hydrogen-bond acceptors (Lipinski definition) is 8. The molecule has 3 heterocycles. The van der Waals surface area contributed by atoms with Crippen molar-refractivity contribution >= 4 is 11.9 Å². The molecular formula is C12H17N7O2. The molecule has 0 bridgehead atoms. The van der Waals surface area contributed by atoms with Gasteiger partial charge in [0.1, 0.15) is 0 Å². The fourth-order valence-corrected chi connectivity index (χ4v) is 2.25. The van der Waals surface area contributed by atoms with E-state index in [9.17, 15) is 5.11 Å². The molecule has 0 spiro atoms. The molecule has 0 aliphatic carbocycles. The minimum Gasteiger partial charge on any atom is -0.394 e. The van der Waals surface area contributed by atoms with E-state index >= 15 is 0 Å². The second kappa shape index (κ2) is 5.62. The topological polar surface area (TPSA) is 124 Å². The van der Waals surface area contributed by atoms with Gasteiger partial charge in [-0.3, -0.25) is 0 Å². The molecule has 1 aliphatic heterocycles. The van der Waals surface area contributed by atoms with Crippen molar-refractivity contribution in [1.82, 2.24) is 24.7 Å². The summed E-state index contributed by atoms with van der Waals surface area (Å²) in [5.74, 6) is 0.747. The summed E-state index contributed by atoms with van der Waals surface area (Å²) in [6.45, 7) is 1.14. The predicted octanol–water partition coefficient (Wildman–Crippen LogP) is -0.407. The van der Waals surface area contributed by atoms with Gasteiger partial charge in [-0.2, -0.15) is 20.1 Å². The largest absolute Gasteiger partial charge is 0.394 e. The minimum absolute atomic E-state index is 0.0287. The van der Waals surface area contributed by atoms with Crippen molar-refractivity contribution in [3.8, 4) is 5.95 Å². The zero-order chi connectivity index (χ0) is 14.7. The molecule has 0 unspecified atom stereocenters. The van der Waals surface area contributed by atoms with Crippen LogP contribution >= 0.6 is 0 Å². The Balaban J connectivity index is 1.88. The van der Waals surface area contributed by atoms with Crippen LogP contribution in [0.2, 0.25) is 0 Å². The molecule has 1 fully saturated rings. The van der Waals surface area contributed by atoms with Crippen LogP contribution in [-0.4, -0.2) is 55.2 Å². The van der Waals surface area contributed by atoms with Crippen LogP contribution in [0.25, 0.3) is 5.95 Å². The van der Waals surface area contributed by atoms with Gasteiger partial charge in [-0.25, -0.2) is 4.68 Å². The fraction of sp³-hybridized carbons (Fsp3) is 0.500. The normalized spacial score (nSPS) is 17.6. The van der Waals surface area contributed by atoms with Crippen LogP contribution < -0.4 is 11.1 Å². The van der Waals surface area contributed by atoms with Gasteiger partial charge >= 0.3 is 0 Å². The Hall–Kier alpha value is -2.26. The highest BCUT2D eigenvalue weighted by Gasteiger charge is 2.32. The summed E-state index contributed by atoms with van der Waals surface area (Å²) >= 11 is 0. The molecule has 0 atom stereocenters. The van der Waals surface area contributed by atoms with Gasteiger partial charge < -0.3 is 20.9 Å². The molecule has 2 aromatic heterocycles. The number of aliphatic hydroxyl groups is 1. The van der Waals surface area contributed by atoms with E-state index in [2.05, 4.69) is 25.4 Å². The van der Waals surface area contributed by atoms with Crippen LogP contribution in [0.15, 0.2) is 18.5 Å². The lowest BCUT2D eigenvalue weighted by atomic mass is 9.91. The van der Waals surface area contributed by atoms with Gasteiger partial charge in [0.05, 0.1) is 12.1 Å². The van der Waals surface area contributed by atoms with Gasteiger partial charge in [-0.15, -0.1) is 0 Å². The molecule has 0 aromatic carbocycles. The molecule has 9 nitrogen and oxygen atoms in total. The number of aliphatic hydroxyl groups excluding tert-OH is 1. The Kier molecular flexibility index (Phi) is 3.67. The third-order valence-electron chi connectivity index (χ3n) is 3.48. The van der Waals surface area contributed by atoms with E-state index in [0.717, 1.165) is 0 Å². The summed E-state index contributed by atoms with van der Waals surface area (Å²) in [6, 6.07) is 1.76. The van der Waals surface area contributed by atoms with Crippen molar-refractivity contribution in [1.29, 1.82) is 0 Å². The zero-order valence-corrected chi connectivity index (χ0v) is 11.4. The van der Waals surface area contributed by atoms with E-state index in [1.165, 1.54) is 4.68 Å². The molecule has 1 saturated heterocycles. The number of nitrogen functional groups attached to an aromatic ring is 1. The van der Waals surface area contributed by atoms with Crippen molar-refractivity contribution < 1.29 is 9.84 Å². The SMILES string of the molecule is Nc1nc(NC2(CO)CCOCC2)nc(-n2cccn2)n1. The van der Waals surface area contributed by atoms with Crippen LogP contribution in [0.5, 0.6) is 0 Å².